The third kappa shape index (κ3) is 3.82. The van der Waals surface area contributed by atoms with Crippen molar-refractivity contribution in [1.82, 2.24) is 0 Å². The predicted octanol–water partition coefficient (Wildman–Crippen LogP) is 6.79. The van der Waals surface area contributed by atoms with Crippen molar-refractivity contribution in [3.05, 3.63) is 64.3 Å². The molecular weight excluding hydrogens is 371 g/mol. The average Bonchev–Trinajstić information content (AvgIpc) is 3.01. The van der Waals surface area contributed by atoms with Gasteiger partial charge in [0.05, 0.1) is 0 Å². The smallest absolute Gasteiger partial charge is 0.428 e. The lowest BCUT2D eigenvalue weighted by atomic mass is 10.1. The number of unbranched alkanes of at least 4 members (excludes halogenated alkanes) is 1. The third-order valence-electron chi connectivity index (χ3n) is 3.89. The molecule has 0 N–H and O–H groups in total. The van der Waals surface area contributed by atoms with Crippen LogP contribution in [0.1, 0.15) is 30.2 Å². The summed E-state index contributed by atoms with van der Waals surface area (Å²) in [7, 11) is 0. The van der Waals surface area contributed by atoms with Crippen molar-refractivity contribution in [3.8, 4) is 5.75 Å². The predicted molar refractivity (Wildman–Crippen MR) is 91.3 cm³/mol. The van der Waals surface area contributed by atoms with Gasteiger partial charge in [0.2, 0.25) is 0 Å². The number of rotatable bonds is 6. The van der Waals surface area contributed by atoms with E-state index in [-0.39, 0.29) is 0 Å². The first-order valence-electron chi connectivity index (χ1n) is 8.04. The number of thiophene rings is 1. The molecule has 3 aromatic rings. The molecule has 0 unspecified atom stereocenters. The Morgan fingerprint density at radius 1 is 1.00 bits per heavy atom. The van der Waals surface area contributed by atoms with Crippen molar-refractivity contribution in [2.75, 3.05) is 0 Å². The van der Waals surface area contributed by atoms with E-state index < -0.39 is 34.2 Å². The summed E-state index contributed by atoms with van der Waals surface area (Å²) in [5, 5.41) is 0.630. The van der Waals surface area contributed by atoms with Gasteiger partial charge in [0.25, 0.3) is 0 Å². The van der Waals surface area contributed by atoms with Gasteiger partial charge in [-0.05, 0) is 35.9 Å². The maximum atomic E-state index is 14.4. The van der Waals surface area contributed by atoms with Crippen LogP contribution in [0.3, 0.4) is 0 Å². The van der Waals surface area contributed by atoms with E-state index in [1.807, 2.05) is 12.1 Å². The second-order valence-corrected chi connectivity index (χ2v) is 6.99. The van der Waals surface area contributed by atoms with Crippen LogP contribution in [-0.2, 0) is 12.5 Å². The van der Waals surface area contributed by atoms with E-state index in [0.717, 1.165) is 36.2 Å². The normalized spacial score (nSPS) is 11.9. The van der Waals surface area contributed by atoms with E-state index in [1.54, 1.807) is 6.07 Å². The highest BCUT2D eigenvalue weighted by Crippen LogP contribution is 2.39. The van der Waals surface area contributed by atoms with Crippen LogP contribution < -0.4 is 4.74 Å². The zero-order valence-electron chi connectivity index (χ0n) is 13.8. The molecule has 0 amide bonds. The highest BCUT2D eigenvalue weighted by atomic mass is 32.1. The highest BCUT2D eigenvalue weighted by Gasteiger charge is 2.37. The number of hydrogen-bond acceptors (Lipinski definition) is 2. The Labute approximate surface area is 151 Å². The first-order chi connectivity index (χ1) is 12.3. The second kappa shape index (κ2) is 7.23. The summed E-state index contributed by atoms with van der Waals surface area (Å²) < 4.78 is 73.3. The Hall–Kier alpha value is -2.15. The van der Waals surface area contributed by atoms with Crippen molar-refractivity contribution in [2.24, 2.45) is 0 Å². The van der Waals surface area contributed by atoms with Gasteiger partial charge < -0.3 is 4.74 Å². The fourth-order valence-corrected chi connectivity index (χ4v) is 3.58. The van der Waals surface area contributed by atoms with Gasteiger partial charge in [-0.25, -0.2) is 13.2 Å². The molecule has 0 fully saturated rings. The van der Waals surface area contributed by atoms with Gasteiger partial charge in [0.1, 0.15) is 10.6 Å². The molecule has 1 nitrogen and oxygen atoms in total. The monoisotopic (exact) mass is 386 g/mol. The van der Waals surface area contributed by atoms with Gasteiger partial charge in [-0.15, -0.1) is 11.3 Å². The summed E-state index contributed by atoms with van der Waals surface area (Å²) in [6.07, 6.45) is -0.903. The lowest BCUT2D eigenvalue weighted by Gasteiger charge is -2.16. The molecule has 0 aliphatic carbocycles. The lowest BCUT2D eigenvalue weighted by molar-refractivity contribution is -0.182. The van der Waals surface area contributed by atoms with E-state index in [9.17, 15) is 22.0 Å². The third-order valence-corrected chi connectivity index (χ3v) is 5.04. The highest BCUT2D eigenvalue weighted by molar-refractivity contribution is 7.19. The zero-order chi connectivity index (χ0) is 18.9. The lowest BCUT2D eigenvalue weighted by Crippen LogP contribution is -2.20. The average molecular weight is 386 g/mol. The fraction of sp³-hybridized carbons (Fsp3) is 0.263. The van der Waals surface area contributed by atoms with Crippen molar-refractivity contribution < 1.29 is 26.7 Å². The van der Waals surface area contributed by atoms with Crippen molar-refractivity contribution in [2.45, 2.75) is 32.3 Å². The quantitative estimate of drug-likeness (QED) is 0.335. The topological polar surface area (TPSA) is 9.23 Å². The number of aryl methyl sites for hydroxylation is 1. The van der Waals surface area contributed by atoms with Gasteiger partial charge in [-0.1, -0.05) is 25.5 Å². The van der Waals surface area contributed by atoms with Crippen molar-refractivity contribution in [3.63, 3.8) is 0 Å². The molecule has 1 heterocycles. The molecule has 0 saturated heterocycles. The fourth-order valence-electron chi connectivity index (χ4n) is 2.54. The molecule has 0 aliphatic rings. The molecule has 3 rings (SSSR count). The molecular formula is C19H15F5OS. The Balaban J connectivity index is 1.88. The molecule has 0 radical (unpaired) electrons. The number of halogens is 5. The molecule has 0 spiro atoms. The number of hydrogen-bond donors (Lipinski definition) is 0. The summed E-state index contributed by atoms with van der Waals surface area (Å²) in [5.74, 6) is -5.70. The van der Waals surface area contributed by atoms with Crippen LogP contribution in [0, 0.1) is 17.5 Å². The van der Waals surface area contributed by atoms with Crippen molar-refractivity contribution >= 4 is 21.4 Å². The molecule has 2 aromatic carbocycles. The summed E-state index contributed by atoms with van der Waals surface area (Å²) >= 11 is 0.846. The molecule has 7 heteroatoms. The molecule has 0 aliphatic heterocycles. The van der Waals surface area contributed by atoms with Gasteiger partial charge in [0, 0.05) is 16.8 Å². The molecule has 138 valence electrons. The Kier molecular flexibility index (Phi) is 5.18. The second-order valence-electron chi connectivity index (χ2n) is 5.91. The molecule has 0 bridgehead atoms. The summed E-state index contributed by atoms with van der Waals surface area (Å²) in [6, 6.07) is 7.56. The summed E-state index contributed by atoms with van der Waals surface area (Å²) in [5.41, 5.74) is 1.06. The van der Waals surface area contributed by atoms with E-state index in [1.165, 1.54) is 6.07 Å². The Morgan fingerprint density at radius 3 is 2.35 bits per heavy atom. The van der Waals surface area contributed by atoms with Crippen LogP contribution in [0.15, 0.2) is 36.4 Å². The van der Waals surface area contributed by atoms with Crippen LogP contribution in [0.2, 0.25) is 0 Å². The van der Waals surface area contributed by atoms with Crippen LogP contribution in [-0.4, -0.2) is 0 Å². The number of alkyl halides is 2. The van der Waals surface area contributed by atoms with Crippen LogP contribution >= 0.6 is 11.3 Å². The number of benzene rings is 2. The molecule has 0 atom stereocenters. The summed E-state index contributed by atoms with van der Waals surface area (Å²) in [6.45, 7) is 2.07. The SMILES string of the molecule is CCCCc1ccc2cc(C(F)(F)Oc3cc(F)c(F)c(F)c3)sc2c1. The Morgan fingerprint density at radius 2 is 1.69 bits per heavy atom. The van der Waals surface area contributed by atoms with Gasteiger partial charge in [-0.2, -0.15) is 8.78 Å². The largest absolute Gasteiger partial charge is 0.436 e. The van der Waals surface area contributed by atoms with Crippen LogP contribution in [0.4, 0.5) is 22.0 Å². The molecule has 0 saturated carbocycles. The maximum Gasteiger partial charge on any atom is 0.436 e. The van der Waals surface area contributed by atoms with E-state index in [0.29, 0.717) is 22.2 Å². The van der Waals surface area contributed by atoms with Gasteiger partial charge in [-0.3, -0.25) is 0 Å². The first-order valence-corrected chi connectivity index (χ1v) is 8.86. The van der Waals surface area contributed by atoms with Crippen molar-refractivity contribution in [1.29, 1.82) is 0 Å². The standard InChI is InChI=1S/C19H15F5OS/c1-2-3-4-11-5-6-12-8-17(26-16(12)7-11)19(23,24)25-13-9-14(20)18(22)15(21)10-13/h5-10H,2-4H2,1H3. The first kappa shape index (κ1) is 18.6. The van der Waals surface area contributed by atoms with Gasteiger partial charge >= 0.3 is 6.11 Å². The maximum absolute atomic E-state index is 14.4. The minimum atomic E-state index is -3.80. The van der Waals surface area contributed by atoms with Crippen LogP contribution in [0.25, 0.3) is 10.1 Å². The minimum Gasteiger partial charge on any atom is -0.428 e. The molecule has 26 heavy (non-hydrogen) atoms. The Bertz CT molecular complexity index is 912. The minimum absolute atomic E-state index is 0.391. The van der Waals surface area contributed by atoms with E-state index >= 15 is 0 Å². The number of fused-ring (bicyclic) bond motifs is 1. The van der Waals surface area contributed by atoms with Crippen LogP contribution in [0.5, 0.6) is 5.75 Å². The van der Waals surface area contributed by atoms with Gasteiger partial charge in [0.15, 0.2) is 17.5 Å². The summed E-state index contributed by atoms with van der Waals surface area (Å²) in [4.78, 5) is -0.398. The number of ether oxygens (including phenoxy) is 1. The molecule has 1 aromatic heterocycles. The van der Waals surface area contributed by atoms with E-state index in [2.05, 4.69) is 11.7 Å². The van der Waals surface area contributed by atoms with E-state index in [4.69, 9.17) is 0 Å². The zero-order valence-corrected chi connectivity index (χ0v) is 14.6.